The monoisotopic (exact) mass is 387 g/mol. The van der Waals surface area contributed by atoms with E-state index in [1.807, 2.05) is 12.1 Å². The van der Waals surface area contributed by atoms with E-state index in [1.165, 1.54) is 57.9 Å². The number of benzene rings is 1. The molecule has 0 radical (unpaired) electrons. The van der Waals surface area contributed by atoms with E-state index in [-0.39, 0.29) is 10.6 Å². The van der Waals surface area contributed by atoms with Gasteiger partial charge in [-0.3, -0.25) is 15.0 Å². The van der Waals surface area contributed by atoms with Crippen molar-refractivity contribution in [2.75, 3.05) is 18.4 Å². The minimum atomic E-state index is -0.303. The fraction of sp³-hybridized carbons (Fsp3) is 0.739. The van der Waals surface area contributed by atoms with Gasteiger partial charge in [-0.1, -0.05) is 44.7 Å². The van der Waals surface area contributed by atoms with Crippen LogP contribution < -0.4 is 5.32 Å². The van der Waals surface area contributed by atoms with Crippen molar-refractivity contribution in [3.63, 3.8) is 0 Å². The zero-order chi connectivity index (χ0) is 19.9. The number of nitro groups is 1. The highest BCUT2D eigenvalue weighted by Crippen LogP contribution is 2.33. The molecule has 156 valence electrons. The standard InChI is InChI=1S/C23H37N3O2/c1-18-7-5-9-20(17-18)14-16-25-19(2)8-6-10-21(25)13-15-24-22-11-3-4-12-23(22)26(27)28/h3-4,11-12,18-21,24H,5-10,13-17H2,1-2H3/t18-,19-,20-,21-/m1/s1. The first-order valence-corrected chi connectivity index (χ1v) is 11.3. The molecule has 28 heavy (non-hydrogen) atoms. The van der Waals surface area contributed by atoms with Gasteiger partial charge in [-0.2, -0.15) is 0 Å². The van der Waals surface area contributed by atoms with Gasteiger partial charge < -0.3 is 5.32 Å². The molecule has 3 rings (SSSR count). The lowest BCUT2D eigenvalue weighted by Gasteiger charge is -2.42. The first-order valence-electron chi connectivity index (χ1n) is 11.3. The smallest absolute Gasteiger partial charge is 0.292 e. The molecule has 1 saturated heterocycles. The molecule has 0 unspecified atom stereocenters. The highest BCUT2D eigenvalue weighted by atomic mass is 16.6. The summed E-state index contributed by atoms with van der Waals surface area (Å²) in [5.41, 5.74) is 0.807. The van der Waals surface area contributed by atoms with Crippen LogP contribution in [-0.2, 0) is 0 Å². The molecule has 1 aliphatic carbocycles. The number of nitro benzene ring substituents is 1. The molecule has 0 aromatic heterocycles. The topological polar surface area (TPSA) is 58.4 Å². The number of likely N-dealkylation sites (tertiary alicyclic amines) is 1. The second kappa shape index (κ2) is 10.2. The molecule has 4 atom stereocenters. The number of hydrogen-bond acceptors (Lipinski definition) is 4. The summed E-state index contributed by atoms with van der Waals surface area (Å²) in [5, 5.41) is 14.5. The minimum Gasteiger partial charge on any atom is -0.379 e. The number of hydrogen-bond donors (Lipinski definition) is 1. The second-order valence-electron chi connectivity index (χ2n) is 9.09. The van der Waals surface area contributed by atoms with Crippen LogP contribution in [0.3, 0.4) is 0 Å². The van der Waals surface area contributed by atoms with Gasteiger partial charge in [0.05, 0.1) is 4.92 Å². The summed E-state index contributed by atoms with van der Waals surface area (Å²) in [7, 11) is 0. The van der Waals surface area contributed by atoms with Gasteiger partial charge in [0.25, 0.3) is 5.69 Å². The summed E-state index contributed by atoms with van der Waals surface area (Å²) in [5.74, 6) is 1.81. The van der Waals surface area contributed by atoms with Gasteiger partial charge in [0.1, 0.15) is 5.69 Å². The van der Waals surface area contributed by atoms with Gasteiger partial charge in [-0.15, -0.1) is 0 Å². The van der Waals surface area contributed by atoms with Gasteiger partial charge in [0.2, 0.25) is 0 Å². The number of nitrogens with zero attached hydrogens (tertiary/aromatic N) is 2. The Morgan fingerprint density at radius 2 is 1.89 bits per heavy atom. The second-order valence-corrected chi connectivity index (χ2v) is 9.09. The maximum Gasteiger partial charge on any atom is 0.292 e. The van der Waals surface area contributed by atoms with Crippen LogP contribution in [0.1, 0.15) is 71.6 Å². The van der Waals surface area contributed by atoms with E-state index < -0.39 is 0 Å². The number of rotatable bonds is 8. The average Bonchev–Trinajstić information content (AvgIpc) is 2.68. The zero-order valence-corrected chi connectivity index (χ0v) is 17.6. The molecule has 1 aromatic rings. The zero-order valence-electron chi connectivity index (χ0n) is 17.6. The molecule has 1 heterocycles. The molecule has 1 saturated carbocycles. The Balaban J connectivity index is 1.51. The fourth-order valence-electron chi connectivity index (χ4n) is 5.36. The van der Waals surface area contributed by atoms with Crippen LogP contribution in [-0.4, -0.2) is 35.0 Å². The maximum absolute atomic E-state index is 11.2. The van der Waals surface area contributed by atoms with Crippen LogP contribution in [0.15, 0.2) is 24.3 Å². The summed E-state index contributed by atoms with van der Waals surface area (Å²) in [6.45, 7) is 6.80. The Bertz CT molecular complexity index is 636. The molecule has 2 fully saturated rings. The third-order valence-electron chi connectivity index (χ3n) is 6.93. The molecule has 5 nitrogen and oxygen atoms in total. The summed E-state index contributed by atoms with van der Waals surface area (Å²) in [6, 6.07) is 8.22. The molecule has 0 bridgehead atoms. The average molecular weight is 388 g/mol. The first-order chi connectivity index (χ1) is 13.5. The largest absolute Gasteiger partial charge is 0.379 e. The van der Waals surface area contributed by atoms with Gasteiger partial charge in [0.15, 0.2) is 0 Å². The van der Waals surface area contributed by atoms with E-state index >= 15 is 0 Å². The summed E-state index contributed by atoms with van der Waals surface area (Å²) in [4.78, 5) is 13.6. The van der Waals surface area contributed by atoms with E-state index in [2.05, 4.69) is 24.1 Å². The quantitative estimate of drug-likeness (QED) is 0.448. The van der Waals surface area contributed by atoms with Gasteiger partial charge >= 0.3 is 0 Å². The van der Waals surface area contributed by atoms with Crippen molar-refractivity contribution >= 4 is 11.4 Å². The van der Waals surface area contributed by atoms with Crippen molar-refractivity contribution in [2.45, 2.75) is 83.7 Å². The molecule has 2 aliphatic rings. The van der Waals surface area contributed by atoms with E-state index in [1.54, 1.807) is 12.1 Å². The molecule has 1 aliphatic heterocycles. The number of anilines is 1. The third-order valence-corrected chi connectivity index (χ3v) is 6.93. The minimum absolute atomic E-state index is 0.169. The fourth-order valence-corrected chi connectivity index (χ4v) is 5.36. The molecule has 1 aromatic carbocycles. The van der Waals surface area contributed by atoms with E-state index in [0.717, 1.165) is 24.8 Å². The molecule has 5 heteroatoms. The van der Waals surface area contributed by atoms with Gasteiger partial charge in [-0.05, 0) is 63.5 Å². The molecular formula is C23H37N3O2. The number of para-hydroxylation sites is 2. The van der Waals surface area contributed by atoms with Crippen LogP contribution in [0.5, 0.6) is 0 Å². The van der Waals surface area contributed by atoms with Crippen LogP contribution in [0.2, 0.25) is 0 Å². The Kier molecular flexibility index (Phi) is 7.72. The van der Waals surface area contributed by atoms with Crippen molar-refractivity contribution in [1.29, 1.82) is 0 Å². The third kappa shape index (κ3) is 5.69. The Morgan fingerprint density at radius 3 is 2.68 bits per heavy atom. The predicted octanol–water partition coefficient (Wildman–Crippen LogP) is 5.86. The van der Waals surface area contributed by atoms with Crippen molar-refractivity contribution in [1.82, 2.24) is 4.90 Å². The lowest BCUT2D eigenvalue weighted by atomic mass is 9.80. The van der Waals surface area contributed by atoms with Crippen molar-refractivity contribution < 1.29 is 4.92 Å². The first kappa shape index (κ1) is 21.1. The van der Waals surface area contributed by atoms with Crippen LogP contribution in [0.4, 0.5) is 11.4 Å². The lowest BCUT2D eigenvalue weighted by molar-refractivity contribution is -0.384. The lowest BCUT2D eigenvalue weighted by Crippen LogP contribution is -2.46. The highest BCUT2D eigenvalue weighted by molar-refractivity contribution is 5.60. The van der Waals surface area contributed by atoms with Gasteiger partial charge in [0, 0.05) is 24.7 Å². The summed E-state index contributed by atoms with van der Waals surface area (Å²) in [6.07, 6.45) is 11.9. The van der Waals surface area contributed by atoms with Crippen molar-refractivity contribution in [3.05, 3.63) is 34.4 Å². The van der Waals surface area contributed by atoms with Crippen LogP contribution in [0, 0.1) is 22.0 Å². The molecule has 1 N–H and O–H groups in total. The van der Waals surface area contributed by atoms with E-state index in [0.29, 0.717) is 17.8 Å². The van der Waals surface area contributed by atoms with E-state index in [4.69, 9.17) is 0 Å². The predicted molar refractivity (Wildman–Crippen MR) is 116 cm³/mol. The molecular weight excluding hydrogens is 350 g/mol. The molecule has 0 spiro atoms. The molecule has 0 amide bonds. The summed E-state index contributed by atoms with van der Waals surface area (Å²) >= 11 is 0. The summed E-state index contributed by atoms with van der Waals surface area (Å²) < 4.78 is 0. The normalized spacial score (nSPS) is 28.8. The van der Waals surface area contributed by atoms with Crippen LogP contribution >= 0.6 is 0 Å². The Morgan fingerprint density at radius 1 is 1.11 bits per heavy atom. The van der Waals surface area contributed by atoms with Gasteiger partial charge in [-0.25, -0.2) is 0 Å². The maximum atomic E-state index is 11.2. The number of nitrogens with one attached hydrogen (secondary N) is 1. The Labute approximate surface area is 170 Å². The van der Waals surface area contributed by atoms with Crippen LogP contribution in [0.25, 0.3) is 0 Å². The van der Waals surface area contributed by atoms with Crippen molar-refractivity contribution in [3.8, 4) is 0 Å². The Hall–Kier alpha value is -1.62. The van der Waals surface area contributed by atoms with Crippen molar-refractivity contribution in [2.24, 2.45) is 11.8 Å². The highest BCUT2D eigenvalue weighted by Gasteiger charge is 2.29. The van der Waals surface area contributed by atoms with E-state index in [9.17, 15) is 10.1 Å². The number of piperidine rings is 1. The SMILES string of the molecule is C[C@@H]1CCC[C@H](CCN2[C@@H](CCNc3ccccc3[N+](=O)[O-])CCC[C@H]2C)C1.